The van der Waals surface area contributed by atoms with Gasteiger partial charge in [-0.2, -0.15) is 0 Å². The van der Waals surface area contributed by atoms with Gasteiger partial charge in [-0.1, -0.05) is 0 Å². The number of rotatable bonds is 6. The summed E-state index contributed by atoms with van der Waals surface area (Å²) >= 11 is 0. The zero-order chi connectivity index (χ0) is 13.9. The Balaban J connectivity index is 1.59. The number of furan rings is 1. The van der Waals surface area contributed by atoms with Crippen molar-refractivity contribution in [3.05, 3.63) is 41.6 Å². The average molecular weight is 272 g/mol. The highest BCUT2D eigenvalue weighted by molar-refractivity contribution is 5.31. The predicted molar refractivity (Wildman–Crippen MR) is 77.4 cm³/mol. The van der Waals surface area contributed by atoms with Crippen LogP contribution in [0.5, 0.6) is 0 Å². The lowest BCUT2D eigenvalue weighted by Gasteiger charge is -2.16. The van der Waals surface area contributed by atoms with Gasteiger partial charge in [-0.15, -0.1) is 0 Å². The topological polar surface area (TPSA) is 54.2 Å². The average Bonchev–Trinajstić information content (AvgIpc) is 3.21. The molecule has 3 rings (SSSR count). The van der Waals surface area contributed by atoms with Crippen molar-refractivity contribution in [2.75, 3.05) is 11.9 Å². The van der Waals surface area contributed by atoms with E-state index in [1.165, 1.54) is 12.8 Å². The second-order valence-electron chi connectivity index (χ2n) is 5.40. The Morgan fingerprint density at radius 2 is 2.10 bits per heavy atom. The number of hydrogen-bond acceptors (Lipinski definition) is 5. The van der Waals surface area contributed by atoms with Crippen LogP contribution in [0.2, 0.25) is 0 Å². The molecule has 0 bridgehead atoms. The molecule has 2 heterocycles. The van der Waals surface area contributed by atoms with E-state index in [0.29, 0.717) is 6.04 Å². The number of aromatic nitrogens is 2. The zero-order valence-electron chi connectivity index (χ0n) is 12.0. The number of nitrogens with zero attached hydrogens (tertiary/aromatic N) is 3. The number of hydrogen-bond donors (Lipinski definition) is 1. The number of anilines is 1. The van der Waals surface area contributed by atoms with E-state index >= 15 is 0 Å². The van der Waals surface area contributed by atoms with Crippen LogP contribution >= 0.6 is 0 Å². The van der Waals surface area contributed by atoms with Crippen LogP contribution in [0.15, 0.2) is 29.1 Å². The molecule has 0 saturated heterocycles. The second-order valence-corrected chi connectivity index (χ2v) is 5.40. The lowest BCUT2D eigenvalue weighted by molar-refractivity contribution is 0.529. The van der Waals surface area contributed by atoms with Crippen molar-refractivity contribution in [2.24, 2.45) is 0 Å². The summed E-state index contributed by atoms with van der Waals surface area (Å²) in [6, 6.07) is 2.70. The van der Waals surface area contributed by atoms with Crippen molar-refractivity contribution < 1.29 is 4.42 Å². The summed E-state index contributed by atoms with van der Waals surface area (Å²) in [4.78, 5) is 10.9. The van der Waals surface area contributed by atoms with Crippen molar-refractivity contribution in [3.8, 4) is 0 Å². The van der Waals surface area contributed by atoms with E-state index in [9.17, 15) is 0 Å². The molecular formula is C15H20N4O. The predicted octanol–water partition coefficient (Wildman–Crippen LogP) is 2.27. The molecule has 1 fully saturated rings. The smallest absolute Gasteiger partial charge is 0.225 e. The van der Waals surface area contributed by atoms with E-state index < -0.39 is 0 Å². The third-order valence-electron chi connectivity index (χ3n) is 3.58. The summed E-state index contributed by atoms with van der Waals surface area (Å²) in [5.74, 6) is 1.68. The minimum absolute atomic E-state index is 0.710. The highest BCUT2D eigenvalue weighted by Gasteiger charge is 2.20. The molecule has 0 aliphatic heterocycles. The molecule has 0 amide bonds. The summed E-state index contributed by atoms with van der Waals surface area (Å²) in [7, 11) is 1.99. The molecule has 0 spiro atoms. The van der Waals surface area contributed by atoms with Gasteiger partial charge in [0.15, 0.2) is 0 Å². The van der Waals surface area contributed by atoms with Gasteiger partial charge >= 0.3 is 0 Å². The van der Waals surface area contributed by atoms with Gasteiger partial charge in [0, 0.05) is 49.7 Å². The maximum Gasteiger partial charge on any atom is 0.225 e. The molecule has 1 saturated carbocycles. The van der Waals surface area contributed by atoms with Gasteiger partial charge in [-0.3, -0.25) is 0 Å². The van der Waals surface area contributed by atoms with E-state index in [2.05, 4.69) is 15.3 Å². The standard InChI is InChI=1S/C15H20N4O/c1-11-13(5-6-20-11)10-19(2)15-17-8-12(9-18-15)7-16-14-3-4-14/h5-6,8-9,14,16H,3-4,7,10H2,1-2H3. The van der Waals surface area contributed by atoms with Gasteiger partial charge < -0.3 is 14.6 Å². The molecule has 1 aliphatic rings. The van der Waals surface area contributed by atoms with Crippen LogP contribution in [0.4, 0.5) is 5.95 Å². The molecule has 2 aromatic rings. The maximum atomic E-state index is 5.30. The van der Waals surface area contributed by atoms with Gasteiger partial charge in [0.25, 0.3) is 0 Å². The van der Waals surface area contributed by atoms with Crippen molar-refractivity contribution in [1.29, 1.82) is 0 Å². The minimum Gasteiger partial charge on any atom is -0.469 e. The quantitative estimate of drug-likeness (QED) is 0.874. The molecule has 5 nitrogen and oxygen atoms in total. The Labute approximate surface area is 119 Å². The van der Waals surface area contributed by atoms with Gasteiger partial charge in [-0.05, 0) is 25.8 Å². The van der Waals surface area contributed by atoms with E-state index in [1.807, 2.05) is 37.3 Å². The van der Waals surface area contributed by atoms with Crippen LogP contribution in [0, 0.1) is 6.92 Å². The van der Waals surface area contributed by atoms with E-state index in [1.54, 1.807) is 6.26 Å². The highest BCUT2D eigenvalue weighted by atomic mass is 16.3. The summed E-state index contributed by atoms with van der Waals surface area (Å²) in [6.07, 6.45) is 8.11. The molecule has 0 radical (unpaired) electrons. The van der Waals surface area contributed by atoms with Crippen LogP contribution in [-0.2, 0) is 13.1 Å². The summed E-state index contributed by atoms with van der Waals surface area (Å²) in [5, 5.41) is 3.46. The molecule has 1 aliphatic carbocycles. The van der Waals surface area contributed by atoms with Crippen molar-refractivity contribution in [3.63, 3.8) is 0 Å². The monoisotopic (exact) mass is 272 g/mol. The van der Waals surface area contributed by atoms with Gasteiger partial charge in [0.05, 0.1) is 6.26 Å². The summed E-state index contributed by atoms with van der Waals surface area (Å²) < 4.78 is 5.30. The van der Waals surface area contributed by atoms with Crippen LogP contribution in [0.25, 0.3) is 0 Å². The lowest BCUT2D eigenvalue weighted by Crippen LogP contribution is -2.20. The fourth-order valence-electron chi connectivity index (χ4n) is 2.09. The maximum absolute atomic E-state index is 5.30. The van der Waals surface area contributed by atoms with Crippen molar-refractivity contribution >= 4 is 5.95 Å². The normalized spacial score (nSPS) is 14.5. The third kappa shape index (κ3) is 3.17. The zero-order valence-corrected chi connectivity index (χ0v) is 12.0. The van der Waals surface area contributed by atoms with Gasteiger partial charge in [0.2, 0.25) is 5.95 Å². The van der Waals surface area contributed by atoms with Gasteiger partial charge in [-0.25, -0.2) is 9.97 Å². The third-order valence-corrected chi connectivity index (χ3v) is 3.58. The van der Waals surface area contributed by atoms with E-state index in [-0.39, 0.29) is 0 Å². The molecule has 2 aromatic heterocycles. The molecule has 0 aromatic carbocycles. The fourth-order valence-corrected chi connectivity index (χ4v) is 2.09. The fraction of sp³-hybridized carbons (Fsp3) is 0.467. The summed E-state index contributed by atoms with van der Waals surface area (Å²) in [6.45, 7) is 3.58. The Morgan fingerprint density at radius 1 is 1.35 bits per heavy atom. The van der Waals surface area contributed by atoms with E-state index in [4.69, 9.17) is 4.42 Å². The number of aryl methyl sites for hydroxylation is 1. The first kappa shape index (κ1) is 13.1. The van der Waals surface area contributed by atoms with Crippen molar-refractivity contribution in [1.82, 2.24) is 15.3 Å². The first-order chi connectivity index (χ1) is 9.72. The SMILES string of the molecule is Cc1occc1CN(C)c1ncc(CNC2CC2)cn1. The largest absolute Gasteiger partial charge is 0.469 e. The van der Waals surface area contributed by atoms with Crippen molar-refractivity contribution in [2.45, 2.75) is 38.9 Å². The first-order valence-electron chi connectivity index (χ1n) is 7.01. The van der Waals surface area contributed by atoms with Crippen LogP contribution in [0.3, 0.4) is 0 Å². The lowest BCUT2D eigenvalue weighted by atomic mass is 10.2. The molecular weight excluding hydrogens is 252 g/mol. The van der Waals surface area contributed by atoms with E-state index in [0.717, 1.165) is 35.9 Å². The number of nitrogens with one attached hydrogen (secondary N) is 1. The second kappa shape index (κ2) is 5.63. The van der Waals surface area contributed by atoms with Crippen LogP contribution in [-0.4, -0.2) is 23.1 Å². The Morgan fingerprint density at radius 3 is 2.70 bits per heavy atom. The van der Waals surface area contributed by atoms with Gasteiger partial charge in [0.1, 0.15) is 5.76 Å². The molecule has 20 heavy (non-hydrogen) atoms. The minimum atomic E-state index is 0.710. The Hall–Kier alpha value is -1.88. The highest BCUT2D eigenvalue weighted by Crippen LogP contribution is 2.19. The molecule has 106 valence electrons. The van der Waals surface area contributed by atoms with Crippen LogP contribution in [0.1, 0.15) is 29.7 Å². The summed E-state index contributed by atoms with van der Waals surface area (Å²) in [5.41, 5.74) is 2.30. The molecule has 0 atom stereocenters. The Kier molecular flexibility index (Phi) is 3.69. The molecule has 0 unspecified atom stereocenters. The first-order valence-corrected chi connectivity index (χ1v) is 7.01. The van der Waals surface area contributed by atoms with Crippen LogP contribution < -0.4 is 10.2 Å². The molecule has 5 heteroatoms. The molecule has 1 N–H and O–H groups in total. The Bertz CT molecular complexity index is 560.